The Kier molecular flexibility index (Phi) is 6.20. The van der Waals surface area contributed by atoms with Crippen molar-refractivity contribution in [3.05, 3.63) is 0 Å². The van der Waals surface area contributed by atoms with Crippen LogP contribution < -0.4 is 11.1 Å². The van der Waals surface area contributed by atoms with Gasteiger partial charge >= 0.3 is 0 Å². The Morgan fingerprint density at radius 1 is 1.47 bits per heavy atom. The van der Waals surface area contributed by atoms with Gasteiger partial charge in [0.05, 0.1) is 5.75 Å². The molecule has 3 N–H and O–H groups in total. The van der Waals surface area contributed by atoms with Crippen molar-refractivity contribution < 1.29 is 8.42 Å². The van der Waals surface area contributed by atoms with Crippen LogP contribution >= 0.6 is 24.0 Å². The first-order valence-corrected chi connectivity index (χ1v) is 7.53. The molecule has 1 rings (SSSR count). The van der Waals surface area contributed by atoms with Crippen LogP contribution in [0.4, 0.5) is 0 Å². The van der Waals surface area contributed by atoms with Gasteiger partial charge in [-0.15, -0.1) is 24.0 Å². The van der Waals surface area contributed by atoms with E-state index in [1.165, 1.54) is 6.26 Å². The molecule has 0 aliphatic heterocycles. The Morgan fingerprint density at radius 3 is 2.35 bits per heavy atom. The fraction of sp³-hybridized carbons (Fsp3) is 0.900. The van der Waals surface area contributed by atoms with Crippen LogP contribution in [-0.4, -0.2) is 39.0 Å². The summed E-state index contributed by atoms with van der Waals surface area (Å²) in [6.07, 6.45) is 3.13. The normalized spacial score (nSPS) is 18.7. The molecule has 0 radical (unpaired) electrons. The van der Waals surface area contributed by atoms with E-state index in [-0.39, 0.29) is 41.2 Å². The van der Waals surface area contributed by atoms with Crippen LogP contribution in [0.2, 0.25) is 0 Å². The van der Waals surface area contributed by atoms with Crippen LogP contribution in [0.25, 0.3) is 0 Å². The van der Waals surface area contributed by atoms with Gasteiger partial charge in [-0.1, -0.05) is 0 Å². The fourth-order valence-corrected chi connectivity index (χ4v) is 3.17. The molecule has 1 aliphatic rings. The number of hydrogen-bond acceptors (Lipinski definition) is 3. The van der Waals surface area contributed by atoms with Crippen molar-refractivity contribution >= 4 is 39.8 Å². The minimum Gasteiger partial charge on any atom is -0.370 e. The maximum Gasteiger partial charge on any atom is 0.188 e. The predicted octanol–water partition coefficient (Wildman–Crippen LogP) is 0.742. The van der Waals surface area contributed by atoms with Gasteiger partial charge in [0, 0.05) is 24.3 Å². The average molecular weight is 375 g/mol. The summed E-state index contributed by atoms with van der Waals surface area (Å²) in [7, 11) is -2.92. The standard InChI is InChI=1S/C10H21N3O2S.HI/c1-8(2)13-9(11)12-6-10(4-5-10)7-16(3,14)15;/h8H,4-7H2,1-3H3,(H3,11,12,13);1H. The second-order valence-corrected chi connectivity index (χ2v) is 7.21. The van der Waals surface area contributed by atoms with Crippen molar-refractivity contribution in [2.24, 2.45) is 16.1 Å². The van der Waals surface area contributed by atoms with Crippen LogP contribution in [0.5, 0.6) is 0 Å². The highest BCUT2D eigenvalue weighted by atomic mass is 127. The summed E-state index contributed by atoms with van der Waals surface area (Å²) in [5.74, 6) is 0.619. The lowest BCUT2D eigenvalue weighted by molar-refractivity contribution is 0.550. The summed E-state index contributed by atoms with van der Waals surface area (Å²) in [6, 6.07) is 0.244. The van der Waals surface area contributed by atoms with Crippen molar-refractivity contribution in [3.8, 4) is 0 Å². The maximum atomic E-state index is 11.2. The second-order valence-electron chi connectivity index (χ2n) is 5.07. The molecule has 0 aromatic heterocycles. The monoisotopic (exact) mass is 375 g/mol. The summed E-state index contributed by atoms with van der Waals surface area (Å²) in [4.78, 5) is 4.20. The van der Waals surface area contributed by atoms with Gasteiger partial charge in [-0.2, -0.15) is 0 Å². The molecule has 17 heavy (non-hydrogen) atoms. The molecule has 0 spiro atoms. The van der Waals surface area contributed by atoms with E-state index in [9.17, 15) is 8.42 Å². The smallest absolute Gasteiger partial charge is 0.188 e. The van der Waals surface area contributed by atoms with Crippen LogP contribution in [0, 0.1) is 5.41 Å². The van der Waals surface area contributed by atoms with Gasteiger partial charge in [0.2, 0.25) is 0 Å². The van der Waals surface area contributed by atoms with Crippen LogP contribution in [0.1, 0.15) is 26.7 Å². The van der Waals surface area contributed by atoms with Crippen molar-refractivity contribution in [2.45, 2.75) is 32.7 Å². The van der Waals surface area contributed by atoms with E-state index in [0.29, 0.717) is 12.5 Å². The number of nitrogens with zero attached hydrogens (tertiary/aromatic N) is 1. The molecule has 0 amide bonds. The molecule has 0 aromatic carbocycles. The molecule has 0 atom stereocenters. The minimum atomic E-state index is -2.92. The predicted molar refractivity (Wildman–Crippen MR) is 81.6 cm³/mol. The van der Waals surface area contributed by atoms with Gasteiger partial charge in [0.15, 0.2) is 5.96 Å². The van der Waals surface area contributed by atoms with Crippen molar-refractivity contribution in [1.29, 1.82) is 0 Å². The number of sulfone groups is 1. The Labute approximate surface area is 121 Å². The van der Waals surface area contributed by atoms with Gasteiger partial charge in [-0.25, -0.2) is 8.42 Å². The van der Waals surface area contributed by atoms with Crippen molar-refractivity contribution in [3.63, 3.8) is 0 Å². The third kappa shape index (κ3) is 7.07. The second kappa shape index (κ2) is 6.21. The summed E-state index contributed by atoms with van der Waals surface area (Å²) >= 11 is 0. The average Bonchev–Trinajstić information content (AvgIpc) is 2.78. The van der Waals surface area contributed by atoms with E-state index in [1.807, 2.05) is 13.8 Å². The van der Waals surface area contributed by atoms with Gasteiger partial charge in [-0.3, -0.25) is 4.99 Å². The molecule has 102 valence electrons. The topological polar surface area (TPSA) is 84.5 Å². The number of rotatable bonds is 5. The Balaban J connectivity index is 0.00000256. The Hall–Kier alpha value is -0.0500. The number of guanidine groups is 1. The van der Waals surface area contributed by atoms with E-state index >= 15 is 0 Å². The Morgan fingerprint density at radius 2 is 2.00 bits per heavy atom. The van der Waals surface area contributed by atoms with Gasteiger partial charge in [0.25, 0.3) is 0 Å². The van der Waals surface area contributed by atoms with Crippen molar-refractivity contribution in [2.75, 3.05) is 18.6 Å². The SMILES string of the molecule is CC(C)NC(N)=NCC1(CS(C)(=O)=O)CC1.I. The number of nitrogens with two attached hydrogens (primary N) is 1. The molecule has 0 heterocycles. The van der Waals surface area contributed by atoms with E-state index in [2.05, 4.69) is 10.3 Å². The fourth-order valence-electron chi connectivity index (χ4n) is 1.68. The first-order valence-electron chi connectivity index (χ1n) is 5.47. The summed E-state index contributed by atoms with van der Waals surface area (Å²) in [5.41, 5.74) is 5.52. The highest BCUT2D eigenvalue weighted by Crippen LogP contribution is 2.46. The zero-order chi connectivity index (χ0) is 12.4. The lowest BCUT2D eigenvalue weighted by Crippen LogP contribution is -2.37. The molecular weight excluding hydrogens is 353 g/mol. The highest BCUT2D eigenvalue weighted by Gasteiger charge is 2.45. The largest absolute Gasteiger partial charge is 0.370 e. The van der Waals surface area contributed by atoms with Gasteiger partial charge in [0.1, 0.15) is 9.84 Å². The summed E-state index contributed by atoms with van der Waals surface area (Å²) in [5, 5.41) is 2.98. The molecule has 1 saturated carbocycles. The first kappa shape index (κ1) is 16.9. The zero-order valence-electron chi connectivity index (χ0n) is 10.6. The quantitative estimate of drug-likeness (QED) is 0.422. The van der Waals surface area contributed by atoms with E-state index in [0.717, 1.165) is 12.8 Å². The molecule has 5 nitrogen and oxygen atoms in total. The molecule has 0 bridgehead atoms. The van der Waals surface area contributed by atoms with Crippen LogP contribution in [0.3, 0.4) is 0 Å². The van der Waals surface area contributed by atoms with Crippen LogP contribution in [-0.2, 0) is 9.84 Å². The third-order valence-electron chi connectivity index (χ3n) is 2.55. The molecule has 0 unspecified atom stereocenters. The van der Waals surface area contributed by atoms with Gasteiger partial charge in [-0.05, 0) is 26.7 Å². The number of nitrogens with one attached hydrogen (secondary N) is 1. The van der Waals surface area contributed by atoms with Crippen molar-refractivity contribution in [1.82, 2.24) is 5.32 Å². The van der Waals surface area contributed by atoms with Gasteiger partial charge < -0.3 is 11.1 Å². The van der Waals surface area contributed by atoms with E-state index in [1.54, 1.807) is 0 Å². The molecular formula is C10H22IN3O2S. The third-order valence-corrected chi connectivity index (χ3v) is 3.68. The zero-order valence-corrected chi connectivity index (χ0v) is 13.7. The lowest BCUT2D eigenvalue weighted by atomic mass is 10.1. The highest BCUT2D eigenvalue weighted by molar-refractivity contribution is 14.0. The molecule has 1 aliphatic carbocycles. The lowest BCUT2D eigenvalue weighted by Gasteiger charge is -2.13. The minimum absolute atomic E-state index is 0. The number of hydrogen-bond donors (Lipinski definition) is 2. The van der Waals surface area contributed by atoms with E-state index < -0.39 is 9.84 Å². The number of aliphatic imine (C=N–C) groups is 1. The number of halogens is 1. The summed E-state index contributed by atoms with van der Waals surface area (Å²) in [6.45, 7) is 4.46. The van der Waals surface area contributed by atoms with Crippen LogP contribution in [0.15, 0.2) is 4.99 Å². The first-order chi connectivity index (χ1) is 7.22. The van der Waals surface area contributed by atoms with E-state index in [4.69, 9.17) is 5.73 Å². The Bertz CT molecular complexity index is 375. The molecule has 7 heteroatoms. The molecule has 1 fully saturated rings. The molecule has 0 saturated heterocycles. The molecule has 0 aromatic rings. The summed E-state index contributed by atoms with van der Waals surface area (Å²) < 4.78 is 22.4. The maximum absolute atomic E-state index is 11.2.